The topological polar surface area (TPSA) is 130 Å². The Balaban J connectivity index is 1.12. The molecule has 0 aromatic rings. The number of carboxylic acids is 2. The highest BCUT2D eigenvalue weighted by Gasteiger charge is 2.72. The largest absolute Gasteiger partial charge is 0.481 e. The van der Waals surface area contributed by atoms with E-state index in [1.807, 2.05) is 27.7 Å². The van der Waals surface area contributed by atoms with E-state index in [-0.39, 0.29) is 57.5 Å². The van der Waals surface area contributed by atoms with Crippen LogP contribution in [0.2, 0.25) is 0 Å². The summed E-state index contributed by atoms with van der Waals surface area (Å²) >= 11 is 0. The molecule has 0 heterocycles. The molecule has 296 valence electrons. The van der Waals surface area contributed by atoms with Gasteiger partial charge in [0.05, 0.1) is 23.2 Å². The van der Waals surface area contributed by atoms with E-state index in [9.17, 15) is 29.4 Å². The third-order valence-corrected chi connectivity index (χ3v) is 19.4. The standard InChI is InChI=1S/C45H69NO7/c1-24(2)25-14-19-45(38(52)46-32-23-28(36(49)50)40(32,5)6)21-20-43(10)26(34(25)45)12-13-31-42(9)17-16-33(41(7,8)30(42)15-18-44(31,43)11)53-37(51)29-22-27(35(47)48)39(29,3)4/h25-34H,1,12-23H2,2-11H3,(H,46,52)(H,47,48)(H,49,50)/t25-,26+,27-,28?,29+,30-,31+,32?,33-,34+,42-,43+,44+,45-/m0/s1. The molecular weight excluding hydrogens is 666 g/mol. The van der Waals surface area contributed by atoms with Gasteiger partial charge in [-0.2, -0.15) is 0 Å². The summed E-state index contributed by atoms with van der Waals surface area (Å²) in [5, 5.41) is 22.9. The molecule has 0 aromatic carbocycles. The molecule has 7 aliphatic carbocycles. The number of ether oxygens (including phenoxy) is 1. The van der Waals surface area contributed by atoms with Gasteiger partial charge in [-0.05, 0) is 141 Å². The molecule has 0 saturated heterocycles. The molecule has 0 bridgehead atoms. The fourth-order valence-corrected chi connectivity index (χ4v) is 15.6. The van der Waals surface area contributed by atoms with Gasteiger partial charge < -0.3 is 20.3 Å². The molecule has 14 atom stereocenters. The summed E-state index contributed by atoms with van der Waals surface area (Å²) in [4.78, 5) is 52.0. The maximum Gasteiger partial charge on any atom is 0.309 e. The van der Waals surface area contributed by atoms with Gasteiger partial charge in [-0.15, -0.1) is 0 Å². The van der Waals surface area contributed by atoms with Crippen LogP contribution in [0, 0.1) is 85.2 Å². The van der Waals surface area contributed by atoms with E-state index in [0.717, 1.165) is 64.2 Å². The van der Waals surface area contributed by atoms with Crippen LogP contribution in [-0.2, 0) is 23.9 Å². The maximum absolute atomic E-state index is 14.7. The number of carbonyl (C=O) groups excluding carboxylic acids is 2. The Kier molecular flexibility index (Phi) is 8.85. The average molecular weight is 736 g/mol. The first-order valence-electron chi connectivity index (χ1n) is 21.0. The van der Waals surface area contributed by atoms with Crippen molar-refractivity contribution in [3.05, 3.63) is 12.2 Å². The highest BCUT2D eigenvalue weighted by molar-refractivity contribution is 5.85. The maximum atomic E-state index is 14.7. The second-order valence-corrected chi connectivity index (χ2v) is 22.1. The minimum atomic E-state index is -0.829. The lowest BCUT2D eigenvalue weighted by molar-refractivity contribution is -0.251. The van der Waals surface area contributed by atoms with Crippen molar-refractivity contribution < 1.29 is 34.1 Å². The van der Waals surface area contributed by atoms with Crippen LogP contribution in [-0.4, -0.2) is 46.2 Å². The predicted octanol–water partition coefficient (Wildman–Crippen LogP) is 8.92. The smallest absolute Gasteiger partial charge is 0.309 e. The van der Waals surface area contributed by atoms with Crippen molar-refractivity contribution in [3.63, 3.8) is 0 Å². The Morgan fingerprint density at radius 3 is 1.89 bits per heavy atom. The second-order valence-electron chi connectivity index (χ2n) is 22.1. The quantitative estimate of drug-likeness (QED) is 0.176. The number of amides is 1. The first-order valence-corrected chi connectivity index (χ1v) is 21.0. The first-order chi connectivity index (χ1) is 24.4. The van der Waals surface area contributed by atoms with Crippen molar-refractivity contribution in [2.24, 2.45) is 85.2 Å². The number of hydrogen-bond donors (Lipinski definition) is 3. The van der Waals surface area contributed by atoms with E-state index in [4.69, 9.17) is 4.74 Å². The van der Waals surface area contributed by atoms with Gasteiger partial charge in [0, 0.05) is 11.5 Å². The van der Waals surface area contributed by atoms with Gasteiger partial charge in [-0.25, -0.2) is 0 Å². The summed E-state index contributed by atoms with van der Waals surface area (Å²) in [6.45, 7) is 26.8. The van der Waals surface area contributed by atoms with Crippen LogP contribution in [0.5, 0.6) is 0 Å². The van der Waals surface area contributed by atoms with Crippen molar-refractivity contribution in [3.8, 4) is 0 Å². The van der Waals surface area contributed by atoms with E-state index in [0.29, 0.717) is 36.5 Å². The van der Waals surface area contributed by atoms with Gasteiger partial charge in [0.1, 0.15) is 6.10 Å². The number of carbonyl (C=O) groups is 4. The third-order valence-electron chi connectivity index (χ3n) is 19.4. The molecule has 7 aliphatic rings. The van der Waals surface area contributed by atoms with Gasteiger partial charge in [-0.1, -0.05) is 74.5 Å². The molecule has 0 radical (unpaired) electrons. The minimum absolute atomic E-state index is 0.0739. The zero-order chi connectivity index (χ0) is 39.1. The Hall–Kier alpha value is -2.38. The molecule has 53 heavy (non-hydrogen) atoms. The van der Waals surface area contributed by atoms with Crippen LogP contribution >= 0.6 is 0 Å². The molecule has 7 saturated carbocycles. The SMILES string of the molecule is C=C(C)[C@@H]1CC[C@]2(C(=O)NC3CC(C(=O)O)C3(C)C)CC[C@]3(C)[C@H](CC[C@@H]4[C@@]5(C)CC[C@H](OC(=O)[C@H]6C[C@@H](C(=O)O)C6(C)C)C(C)(C)[C@@H]5CC[C@]43C)[C@@H]12. The van der Waals surface area contributed by atoms with Crippen molar-refractivity contribution in [2.45, 2.75) is 158 Å². The van der Waals surface area contributed by atoms with Crippen molar-refractivity contribution >= 4 is 23.8 Å². The van der Waals surface area contributed by atoms with Crippen LogP contribution in [0.15, 0.2) is 12.2 Å². The summed E-state index contributed by atoms with van der Waals surface area (Å²) in [5.74, 6) is -1.06. The summed E-state index contributed by atoms with van der Waals surface area (Å²) in [6, 6.07) is -0.119. The number of aliphatic carboxylic acids is 2. The number of esters is 1. The normalized spacial score (nSPS) is 48.6. The average Bonchev–Trinajstić information content (AvgIpc) is 3.45. The van der Waals surface area contributed by atoms with Gasteiger partial charge in [-0.3, -0.25) is 19.2 Å². The van der Waals surface area contributed by atoms with Crippen LogP contribution < -0.4 is 5.32 Å². The molecule has 8 heteroatoms. The number of fused-ring (bicyclic) bond motifs is 7. The van der Waals surface area contributed by atoms with Crippen molar-refractivity contribution in [2.75, 3.05) is 0 Å². The molecule has 2 unspecified atom stereocenters. The number of carboxylic acid groups (broad SMARTS) is 2. The lowest BCUT2D eigenvalue weighted by Crippen LogP contribution is -2.68. The van der Waals surface area contributed by atoms with E-state index in [1.165, 1.54) is 5.57 Å². The number of rotatable bonds is 7. The Morgan fingerprint density at radius 2 is 1.30 bits per heavy atom. The molecule has 8 nitrogen and oxygen atoms in total. The van der Waals surface area contributed by atoms with Crippen LogP contribution in [0.4, 0.5) is 0 Å². The highest BCUT2D eigenvalue weighted by atomic mass is 16.5. The van der Waals surface area contributed by atoms with Crippen molar-refractivity contribution in [1.82, 2.24) is 5.32 Å². The summed E-state index contributed by atoms with van der Waals surface area (Å²) < 4.78 is 6.41. The molecule has 0 spiro atoms. The van der Waals surface area contributed by atoms with E-state index < -0.39 is 40.0 Å². The van der Waals surface area contributed by atoms with E-state index in [2.05, 4.69) is 53.4 Å². The highest BCUT2D eigenvalue weighted by Crippen LogP contribution is 2.77. The van der Waals surface area contributed by atoms with Gasteiger partial charge in [0.25, 0.3) is 0 Å². The predicted molar refractivity (Wildman–Crippen MR) is 203 cm³/mol. The second kappa shape index (κ2) is 12.1. The van der Waals surface area contributed by atoms with Gasteiger partial charge >= 0.3 is 17.9 Å². The minimum Gasteiger partial charge on any atom is -0.481 e. The van der Waals surface area contributed by atoms with Crippen LogP contribution in [0.3, 0.4) is 0 Å². The monoisotopic (exact) mass is 736 g/mol. The molecule has 7 fully saturated rings. The van der Waals surface area contributed by atoms with E-state index in [1.54, 1.807) is 0 Å². The Labute approximate surface area is 318 Å². The Bertz CT molecular complexity index is 1600. The fourth-order valence-electron chi connectivity index (χ4n) is 15.6. The van der Waals surface area contributed by atoms with Crippen LogP contribution in [0.1, 0.15) is 146 Å². The molecule has 3 N–H and O–H groups in total. The number of allylic oxidation sites excluding steroid dienone is 1. The molecule has 0 aromatic heterocycles. The summed E-state index contributed by atoms with van der Waals surface area (Å²) in [6.07, 6.45) is 10.8. The zero-order valence-electron chi connectivity index (χ0n) is 34.4. The van der Waals surface area contributed by atoms with E-state index >= 15 is 0 Å². The molecular formula is C45H69NO7. The van der Waals surface area contributed by atoms with Gasteiger partial charge in [0.2, 0.25) is 5.91 Å². The third kappa shape index (κ3) is 5.09. The Morgan fingerprint density at radius 1 is 0.660 bits per heavy atom. The first kappa shape index (κ1) is 38.9. The van der Waals surface area contributed by atoms with Crippen LogP contribution in [0.25, 0.3) is 0 Å². The molecule has 0 aliphatic heterocycles. The number of nitrogens with one attached hydrogen (secondary N) is 1. The lowest BCUT2D eigenvalue weighted by atomic mass is 9.32. The number of hydrogen-bond acceptors (Lipinski definition) is 5. The zero-order valence-corrected chi connectivity index (χ0v) is 34.4. The summed E-state index contributed by atoms with van der Waals surface area (Å²) in [5.41, 5.74) is -0.226. The van der Waals surface area contributed by atoms with Gasteiger partial charge in [0.15, 0.2) is 0 Å². The summed E-state index contributed by atoms with van der Waals surface area (Å²) in [7, 11) is 0. The lowest BCUT2D eigenvalue weighted by Gasteiger charge is -2.73. The van der Waals surface area contributed by atoms with Crippen molar-refractivity contribution in [1.29, 1.82) is 0 Å². The molecule has 7 rings (SSSR count). The molecule has 1 amide bonds. The fraction of sp³-hybridized carbons (Fsp3) is 0.867.